The van der Waals surface area contributed by atoms with Crippen LogP contribution in [0.3, 0.4) is 0 Å². The zero-order valence-electron chi connectivity index (χ0n) is 13.3. The molecule has 0 aliphatic carbocycles. The zero-order chi connectivity index (χ0) is 14.4. The van der Waals surface area contributed by atoms with Crippen LogP contribution in [0.2, 0.25) is 0 Å². The number of fused-ring (bicyclic) bond motifs is 5. The van der Waals surface area contributed by atoms with E-state index >= 15 is 0 Å². The third-order valence-corrected chi connectivity index (χ3v) is 5.81. The Morgan fingerprint density at radius 3 is 3.05 bits per heavy atom. The summed E-state index contributed by atoms with van der Waals surface area (Å²) in [6.45, 7) is 7.30. The van der Waals surface area contributed by atoms with Gasteiger partial charge in [-0.1, -0.05) is 38.0 Å². The highest BCUT2D eigenvalue weighted by Crippen LogP contribution is 2.47. The molecule has 112 valence electrons. The van der Waals surface area contributed by atoms with E-state index in [1.54, 1.807) is 5.56 Å². The van der Waals surface area contributed by atoms with Crippen molar-refractivity contribution in [3.05, 3.63) is 35.5 Å². The van der Waals surface area contributed by atoms with Gasteiger partial charge in [-0.05, 0) is 43.7 Å². The van der Waals surface area contributed by atoms with Gasteiger partial charge in [-0.3, -0.25) is 4.90 Å². The van der Waals surface area contributed by atoms with Gasteiger partial charge < -0.3 is 4.98 Å². The summed E-state index contributed by atoms with van der Waals surface area (Å²) in [5.41, 5.74) is 4.65. The minimum absolute atomic E-state index is 0.241. The second kappa shape index (κ2) is 4.88. The van der Waals surface area contributed by atoms with Crippen molar-refractivity contribution in [3.63, 3.8) is 0 Å². The van der Waals surface area contributed by atoms with Crippen molar-refractivity contribution >= 4 is 10.9 Å². The molecule has 0 unspecified atom stereocenters. The van der Waals surface area contributed by atoms with Crippen LogP contribution >= 0.6 is 0 Å². The summed E-state index contributed by atoms with van der Waals surface area (Å²) in [6, 6.07) is 8.82. The molecular formula is C19H26N2. The molecule has 1 N–H and O–H groups in total. The fourth-order valence-corrected chi connectivity index (χ4v) is 4.72. The van der Waals surface area contributed by atoms with Crippen molar-refractivity contribution in [1.29, 1.82) is 0 Å². The molecule has 4 rings (SSSR count). The molecule has 3 heterocycles. The lowest BCUT2D eigenvalue weighted by Gasteiger charge is -2.39. The van der Waals surface area contributed by atoms with Gasteiger partial charge >= 0.3 is 0 Å². The van der Waals surface area contributed by atoms with Gasteiger partial charge in [-0.2, -0.15) is 0 Å². The smallest absolute Gasteiger partial charge is 0.0589 e. The van der Waals surface area contributed by atoms with Gasteiger partial charge in [0.1, 0.15) is 0 Å². The Balaban J connectivity index is 1.73. The average molecular weight is 282 g/mol. The Labute approximate surface area is 127 Å². The number of aromatic amines is 1. The van der Waals surface area contributed by atoms with Crippen LogP contribution in [-0.4, -0.2) is 23.0 Å². The van der Waals surface area contributed by atoms with Crippen LogP contribution in [0.25, 0.3) is 10.9 Å². The van der Waals surface area contributed by atoms with Crippen LogP contribution in [0.4, 0.5) is 0 Å². The molecule has 0 radical (unpaired) electrons. The fourth-order valence-electron chi connectivity index (χ4n) is 4.72. The standard InChI is InChI=1S/C19H26N2/c1-3-4-7-14-12-19(2)18-16(10-11-21(19)13-14)15-8-5-6-9-17(15)20-18/h5-6,8-9,14,20H,3-4,7,10-13H2,1-2H3/t14-,19+/m1/s1. The largest absolute Gasteiger partial charge is 0.357 e. The van der Waals surface area contributed by atoms with Crippen molar-refractivity contribution in [2.75, 3.05) is 13.1 Å². The average Bonchev–Trinajstić information content (AvgIpc) is 3.03. The van der Waals surface area contributed by atoms with Gasteiger partial charge in [0, 0.05) is 29.7 Å². The van der Waals surface area contributed by atoms with E-state index in [-0.39, 0.29) is 5.54 Å². The number of nitrogens with zero attached hydrogens (tertiary/aromatic N) is 1. The van der Waals surface area contributed by atoms with Gasteiger partial charge in [0.05, 0.1) is 5.54 Å². The van der Waals surface area contributed by atoms with Crippen molar-refractivity contribution in [3.8, 4) is 0 Å². The summed E-state index contributed by atoms with van der Waals surface area (Å²) in [5, 5.41) is 1.45. The van der Waals surface area contributed by atoms with Gasteiger partial charge in [0.25, 0.3) is 0 Å². The molecule has 2 aromatic rings. The monoisotopic (exact) mass is 282 g/mol. The number of H-pyrrole nitrogens is 1. The molecule has 1 saturated heterocycles. The zero-order valence-corrected chi connectivity index (χ0v) is 13.3. The third kappa shape index (κ3) is 1.96. The molecule has 21 heavy (non-hydrogen) atoms. The first-order valence-corrected chi connectivity index (χ1v) is 8.57. The highest BCUT2D eigenvalue weighted by Gasteiger charge is 2.47. The molecule has 2 heteroatoms. The van der Waals surface area contributed by atoms with E-state index in [2.05, 4.69) is 48.0 Å². The summed E-state index contributed by atoms with van der Waals surface area (Å²) in [6.07, 6.45) is 6.64. The minimum Gasteiger partial charge on any atom is -0.357 e. The molecule has 0 saturated carbocycles. The Morgan fingerprint density at radius 1 is 1.33 bits per heavy atom. The van der Waals surface area contributed by atoms with Crippen LogP contribution < -0.4 is 0 Å². The minimum atomic E-state index is 0.241. The van der Waals surface area contributed by atoms with E-state index in [0.717, 1.165) is 5.92 Å². The molecule has 2 atom stereocenters. The molecule has 1 aromatic heterocycles. The number of nitrogens with one attached hydrogen (secondary N) is 1. The highest BCUT2D eigenvalue weighted by atomic mass is 15.2. The maximum absolute atomic E-state index is 3.76. The molecule has 2 aliphatic heterocycles. The number of rotatable bonds is 3. The van der Waals surface area contributed by atoms with Crippen molar-refractivity contribution < 1.29 is 0 Å². The van der Waals surface area contributed by atoms with E-state index in [0.29, 0.717) is 0 Å². The number of para-hydroxylation sites is 1. The topological polar surface area (TPSA) is 19.0 Å². The Kier molecular flexibility index (Phi) is 3.11. The maximum Gasteiger partial charge on any atom is 0.0589 e. The van der Waals surface area contributed by atoms with E-state index in [1.807, 2.05) is 0 Å². The first kappa shape index (κ1) is 13.4. The second-order valence-electron chi connectivity index (χ2n) is 7.21. The van der Waals surface area contributed by atoms with E-state index in [4.69, 9.17) is 0 Å². The summed E-state index contributed by atoms with van der Waals surface area (Å²) in [7, 11) is 0. The van der Waals surface area contributed by atoms with E-state index in [1.165, 1.54) is 61.8 Å². The van der Waals surface area contributed by atoms with Crippen LogP contribution in [0, 0.1) is 5.92 Å². The molecule has 1 aromatic carbocycles. The van der Waals surface area contributed by atoms with Crippen molar-refractivity contribution in [2.45, 2.75) is 51.5 Å². The lowest BCUT2D eigenvalue weighted by atomic mass is 9.84. The number of hydrogen-bond donors (Lipinski definition) is 1. The first-order chi connectivity index (χ1) is 10.2. The fraction of sp³-hybridized carbons (Fsp3) is 0.579. The van der Waals surface area contributed by atoms with E-state index in [9.17, 15) is 0 Å². The predicted octanol–water partition coefficient (Wildman–Crippen LogP) is 4.45. The van der Waals surface area contributed by atoms with Crippen LogP contribution in [0.1, 0.15) is 50.8 Å². The molecule has 0 amide bonds. The number of hydrogen-bond acceptors (Lipinski definition) is 1. The molecule has 0 spiro atoms. The van der Waals surface area contributed by atoms with E-state index < -0.39 is 0 Å². The molecule has 0 bridgehead atoms. The lowest BCUT2D eigenvalue weighted by molar-refractivity contribution is 0.139. The normalized spacial score (nSPS) is 28.8. The quantitative estimate of drug-likeness (QED) is 0.881. The number of aromatic nitrogens is 1. The van der Waals surface area contributed by atoms with Gasteiger partial charge in [-0.25, -0.2) is 0 Å². The summed E-state index contributed by atoms with van der Waals surface area (Å²) in [5.74, 6) is 0.882. The number of benzene rings is 1. The van der Waals surface area contributed by atoms with Crippen LogP contribution in [0.15, 0.2) is 24.3 Å². The molecule has 2 nitrogen and oxygen atoms in total. The Hall–Kier alpha value is -1.28. The predicted molar refractivity (Wildman–Crippen MR) is 88.6 cm³/mol. The molecule has 2 aliphatic rings. The van der Waals surface area contributed by atoms with Gasteiger partial charge in [-0.15, -0.1) is 0 Å². The summed E-state index contributed by atoms with van der Waals surface area (Å²) in [4.78, 5) is 6.50. The first-order valence-electron chi connectivity index (χ1n) is 8.57. The SMILES string of the molecule is CCCC[C@H]1CN2CCc3c([nH]c4ccccc34)[C@]2(C)C1. The Bertz CT molecular complexity index is 657. The van der Waals surface area contributed by atoms with Crippen molar-refractivity contribution in [2.24, 2.45) is 5.92 Å². The second-order valence-corrected chi connectivity index (χ2v) is 7.21. The molecular weight excluding hydrogens is 256 g/mol. The Morgan fingerprint density at radius 2 is 2.19 bits per heavy atom. The van der Waals surface area contributed by atoms with Gasteiger partial charge in [0.2, 0.25) is 0 Å². The summed E-state index contributed by atoms with van der Waals surface area (Å²) >= 11 is 0. The van der Waals surface area contributed by atoms with Gasteiger partial charge in [0.15, 0.2) is 0 Å². The maximum atomic E-state index is 3.76. The van der Waals surface area contributed by atoms with Crippen LogP contribution in [0.5, 0.6) is 0 Å². The number of unbranched alkanes of at least 4 members (excludes halogenated alkanes) is 1. The third-order valence-electron chi connectivity index (χ3n) is 5.81. The highest BCUT2D eigenvalue weighted by molar-refractivity contribution is 5.85. The molecule has 1 fully saturated rings. The van der Waals surface area contributed by atoms with Crippen LogP contribution in [-0.2, 0) is 12.0 Å². The van der Waals surface area contributed by atoms with Crippen molar-refractivity contribution in [1.82, 2.24) is 9.88 Å². The summed E-state index contributed by atoms with van der Waals surface area (Å²) < 4.78 is 0. The lowest BCUT2D eigenvalue weighted by Crippen LogP contribution is -2.44.